The van der Waals surface area contributed by atoms with Crippen LogP contribution in [0.5, 0.6) is 0 Å². The van der Waals surface area contributed by atoms with Gasteiger partial charge in [0.15, 0.2) is 0 Å². The Hall–Kier alpha value is -1.52. The molecule has 3 rings (SSSR count). The minimum Gasteiger partial charge on any atom is -0.365 e. The van der Waals surface area contributed by atoms with Gasteiger partial charge in [-0.2, -0.15) is 0 Å². The first-order valence-corrected chi connectivity index (χ1v) is 8.06. The van der Waals surface area contributed by atoms with Crippen LogP contribution in [-0.2, 0) is 16.1 Å². The fourth-order valence-electron chi connectivity index (χ4n) is 2.37. The van der Waals surface area contributed by atoms with E-state index in [9.17, 15) is 4.79 Å². The van der Waals surface area contributed by atoms with Gasteiger partial charge in [0.1, 0.15) is 5.60 Å². The summed E-state index contributed by atoms with van der Waals surface area (Å²) in [5.41, 5.74) is 2.37. The van der Waals surface area contributed by atoms with E-state index in [1.807, 2.05) is 45.9 Å². The molecule has 1 aliphatic heterocycles. The summed E-state index contributed by atoms with van der Waals surface area (Å²) in [5, 5.41) is 4.71. The predicted molar refractivity (Wildman–Crippen MR) is 90.2 cm³/mol. The van der Waals surface area contributed by atoms with Crippen molar-refractivity contribution in [3.05, 3.63) is 34.5 Å². The number of aromatic nitrogens is 1. The van der Waals surface area contributed by atoms with Crippen molar-refractivity contribution in [2.24, 2.45) is 0 Å². The standard InChI is InChI=1S/C15H17ClN2O2.C2H6/c1-9-5-13-10(7-12(9)16)6-11(18-13)8-17-14(19)15(2)3-4-20-15;1-2/h5-7,18H,3-4,8H2,1-2H3,(H,17,19);1-2H3. The second-order valence-electron chi connectivity index (χ2n) is 5.50. The van der Waals surface area contributed by atoms with Crippen LogP contribution in [0.3, 0.4) is 0 Å². The molecular weight excluding hydrogens is 300 g/mol. The lowest BCUT2D eigenvalue weighted by Crippen LogP contribution is -2.53. The third kappa shape index (κ3) is 3.28. The van der Waals surface area contributed by atoms with Gasteiger partial charge in [-0.3, -0.25) is 4.79 Å². The molecule has 1 unspecified atom stereocenters. The largest absolute Gasteiger partial charge is 0.365 e. The van der Waals surface area contributed by atoms with E-state index in [0.717, 1.165) is 33.6 Å². The SMILES string of the molecule is CC.Cc1cc2[nH]c(CNC(=O)C3(C)CCO3)cc2cc1Cl. The van der Waals surface area contributed by atoms with E-state index in [2.05, 4.69) is 10.3 Å². The third-order valence-electron chi connectivity index (χ3n) is 3.88. The number of benzene rings is 1. The highest BCUT2D eigenvalue weighted by molar-refractivity contribution is 6.32. The zero-order valence-corrected chi connectivity index (χ0v) is 14.3. The maximum atomic E-state index is 12.0. The van der Waals surface area contributed by atoms with Crippen molar-refractivity contribution in [3.8, 4) is 0 Å². The molecule has 2 N–H and O–H groups in total. The highest BCUT2D eigenvalue weighted by Gasteiger charge is 2.40. The van der Waals surface area contributed by atoms with Crippen LogP contribution in [0.15, 0.2) is 18.2 Å². The normalized spacial score (nSPS) is 20.0. The summed E-state index contributed by atoms with van der Waals surface area (Å²) >= 11 is 6.11. The van der Waals surface area contributed by atoms with Gasteiger partial charge in [-0.1, -0.05) is 25.4 Å². The molecule has 0 spiro atoms. The average Bonchev–Trinajstić information content (AvgIpc) is 2.86. The van der Waals surface area contributed by atoms with E-state index >= 15 is 0 Å². The van der Waals surface area contributed by atoms with Gasteiger partial charge in [-0.15, -0.1) is 0 Å². The molecule has 2 aromatic rings. The first-order valence-electron chi connectivity index (χ1n) is 7.68. The first-order chi connectivity index (χ1) is 10.5. The number of halogens is 1. The number of aryl methyl sites for hydroxylation is 1. The van der Waals surface area contributed by atoms with E-state index in [-0.39, 0.29) is 5.91 Å². The Labute approximate surface area is 136 Å². The van der Waals surface area contributed by atoms with Gasteiger partial charge in [-0.25, -0.2) is 0 Å². The summed E-state index contributed by atoms with van der Waals surface area (Å²) < 4.78 is 5.32. The number of ether oxygens (including phenoxy) is 1. The van der Waals surface area contributed by atoms with E-state index in [0.29, 0.717) is 13.2 Å². The number of hydrogen-bond acceptors (Lipinski definition) is 2. The van der Waals surface area contributed by atoms with Gasteiger partial charge in [0.05, 0.1) is 13.2 Å². The number of fused-ring (bicyclic) bond motifs is 1. The Morgan fingerprint density at radius 3 is 2.68 bits per heavy atom. The van der Waals surface area contributed by atoms with Gasteiger partial charge in [-0.05, 0) is 37.6 Å². The van der Waals surface area contributed by atoms with Crippen LogP contribution >= 0.6 is 11.6 Å². The second-order valence-corrected chi connectivity index (χ2v) is 5.90. The van der Waals surface area contributed by atoms with E-state index < -0.39 is 5.60 Å². The monoisotopic (exact) mass is 322 g/mol. The number of amides is 1. The van der Waals surface area contributed by atoms with Crippen molar-refractivity contribution < 1.29 is 9.53 Å². The fraction of sp³-hybridized carbons (Fsp3) is 0.471. The van der Waals surface area contributed by atoms with Crippen molar-refractivity contribution in [1.82, 2.24) is 10.3 Å². The van der Waals surface area contributed by atoms with Crippen LogP contribution in [0, 0.1) is 6.92 Å². The topological polar surface area (TPSA) is 54.1 Å². The third-order valence-corrected chi connectivity index (χ3v) is 4.28. The smallest absolute Gasteiger partial charge is 0.252 e. The quantitative estimate of drug-likeness (QED) is 0.899. The molecular formula is C17H23ClN2O2. The molecule has 1 aliphatic rings. The summed E-state index contributed by atoms with van der Waals surface area (Å²) in [6.45, 7) is 8.91. The summed E-state index contributed by atoms with van der Waals surface area (Å²) in [4.78, 5) is 15.3. The van der Waals surface area contributed by atoms with E-state index in [1.165, 1.54) is 0 Å². The fourth-order valence-corrected chi connectivity index (χ4v) is 2.54. The number of rotatable bonds is 3. The van der Waals surface area contributed by atoms with Gasteiger partial charge < -0.3 is 15.0 Å². The van der Waals surface area contributed by atoms with Crippen molar-refractivity contribution in [1.29, 1.82) is 0 Å². The van der Waals surface area contributed by atoms with Crippen LogP contribution in [0.2, 0.25) is 5.02 Å². The Morgan fingerprint density at radius 1 is 1.41 bits per heavy atom. The molecule has 22 heavy (non-hydrogen) atoms. The first kappa shape index (κ1) is 16.8. The van der Waals surface area contributed by atoms with Crippen LogP contribution in [0.4, 0.5) is 0 Å². The Kier molecular flexibility index (Phi) is 5.14. The number of nitrogens with one attached hydrogen (secondary N) is 2. The molecule has 120 valence electrons. The molecule has 5 heteroatoms. The molecule has 0 aliphatic carbocycles. The highest BCUT2D eigenvalue weighted by Crippen LogP contribution is 2.26. The number of hydrogen-bond donors (Lipinski definition) is 2. The molecule has 4 nitrogen and oxygen atoms in total. The van der Waals surface area contributed by atoms with Gasteiger partial charge >= 0.3 is 0 Å². The number of aromatic amines is 1. The molecule has 0 radical (unpaired) electrons. The van der Waals surface area contributed by atoms with Crippen LogP contribution in [-0.4, -0.2) is 23.1 Å². The van der Waals surface area contributed by atoms with Gasteiger partial charge in [0.25, 0.3) is 5.91 Å². The average molecular weight is 323 g/mol. The number of carbonyl (C=O) groups is 1. The Bertz CT molecular complexity index is 636. The zero-order chi connectivity index (χ0) is 16.3. The maximum absolute atomic E-state index is 12.0. The summed E-state index contributed by atoms with van der Waals surface area (Å²) in [7, 11) is 0. The van der Waals surface area contributed by atoms with E-state index in [1.54, 1.807) is 0 Å². The summed E-state index contributed by atoms with van der Waals surface area (Å²) in [6, 6.07) is 5.95. The Morgan fingerprint density at radius 2 is 2.09 bits per heavy atom. The van der Waals surface area contributed by atoms with Crippen molar-refractivity contribution in [2.45, 2.75) is 46.3 Å². The van der Waals surface area contributed by atoms with Gasteiger partial charge in [0, 0.05) is 28.0 Å². The Balaban J connectivity index is 0.000000847. The highest BCUT2D eigenvalue weighted by atomic mass is 35.5. The molecule has 1 atom stereocenters. The molecule has 0 bridgehead atoms. The molecule has 1 aromatic heterocycles. The molecule has 0 saturated carbocycles. The van der Waals surface area contributed by atoms with Crippen LogP contribution in [0.25, 0.3) is 10.9 Å². The minimum absolute atomic E-state index is 0.0587. The maximum Gasteiger partial charge on any atom is 0.252 e. The lowest BCUT2D eigenvalue weighted by molar-refractivity contribution is -0.171. The summed E-state index contributed by atoms with van der Waals surface area (Å²) in [5.74, 6) is -0.0587. The van der Waals surface area contributed by atoms with Gasteiger partial charge in [0.2, 0.25) is 0 Å². The molecule has 1 amide bonds. The molecule has 1 saturated heterocycles. The number of H-pyrrole nitrogens is 1. The van der Waals surface area contributed by atoms with Crippen molar-refractivity contribution in [3.63, 3.8) is 0 Å². The van der Waals surface area contributed by atoms with Crippen molar-refractivity contribution in [2.75, 3.05) is 6.61 Å². The van der Waals surface area contributed by atoms with Crippen LogP contribution in [0.1, 0.15) is 38.4 Å². The van der Waals surface area contributed by atoms with Crippen LogP contribution < -0.4 is 5.32 Å². The number of carbonyl (C=O) groups excluding carboxylic acids is 1. The molecule has 2 heterocycles. The van der Waals surface area contributed by atoms with E-state index in [4.69, 9.17) is 16.3 Å². The second kappa shape index (κ2) is 6.71. The predicted octanol–water partition coefficient (Wildman–Crippen LogP) is 3.95. The zero-order valence-electron chi connectivity index (χ0n) is 13.5. The molecule has 1 fully saturated rings. The minimum atomic E-state index is -0.647. The lowest BCUT2D eigenvalue weighted by Gasteiger charge is -2.36. The molecule has 1 aromatic carbocycles. The lowest BCUT2D eigenvalue weighted by atomic mass is 9.96. The van der Waals surface area contributed by atoms with Crippen molar-refractivity contribution >= 4 is 28.4 Å². The summed E-state index contributed by atoms with van der Waals surface area (Å²) in [6.07, 6.45) is 0.778.